The van der Waals surface area contributed by atoms with E-state index in [1.807, 2.05) is 45.4 Å². The van der Waals surface area contributed by atoms with E-state index in [9.17, 15) is 9.59 Å². The molecule has 0 N–H and O–H groups in total. The molecule has 0 radical (unpaired) electrons. The van der Waals surface area contributed by atoms with Crippen LogP contribution in [0.3, 0.4) is 0 Å². The highest BCUT2D eigenvalue weighted by molar-refractivity contribution is 6.00. The summed E-state index contributed by atoms with van der Waals surface area (Å²) in [7, 11) is 1.88. The van der Waals surface area contributed by atoms with Gasteiger partial charge in [0, 0.05) is 35.4 Å². The molecule has 8 nitrogen and oxygen atoms in total. The maximum atomic E-state index is 12.3. The number of aromatic nitrogens is 5. The van der Waals surface area contributed by atoms with Crippen LogP contribution in [-0.2, 0) is 11.8 Å². The molecular formula is C17H19N5O3. The quantitative estimate of drug-likeness (QED) is 0.530. The highest BCUT2D eigenvalue weighted by Crippen LogP contribution is 2.14. The first-order valence-corrected chi connectivity index (χ1v) is 7.82. The summed E-state index contributed by atoms with van der Waals surface area (Å²) < 4.78 is 8.46. The van der Waals surface area contributed by atoms with Gasteiger partial charge in [-0.25, -0.2) is 14.3 Å². The smallest absolute Gasteiger partial charge is 0.378 e. The molecule has 0 fully saturated rings. The molecule has 0 aliphatic heterocycles. The fraction of sp³-hybridized carbons (Fsp3) is 0.353. The SMILES string of the molecule is Cc1cc(C)n2nc(C(=O)OCC(=O)c3cc(C)n(C)c3C)nc2n1. The number of carbonyl (C=O) groups is 2. The van der Waals surface area contributed by atoms with Crippen molar-refractivity contribution in [2.45, 2.75) is 27.7 Å². The van der Waals surface area contributed by atoms with Crippen LogP contribution in [-0.4, -0.2) is 42.5 Å². The van der Waals surface area contributed by atoms with Crippen LogP contribution in [0.2, 0.25) is 0 Å². The number of hydrogen-bond donors (Lipinski definition) is 0. The number of fused-ring (bicyclic) bond motifs is 1. The molecule has 3 aromatic rings. The summed E-state index contributed by atoms with van der Waals surface area (Å²) in [5.74, 6) is -0.801. The molecule has 3 aromatic heterocycles. The van der Waals surface area contributed by atoms with E-state index in [4.69, 9.17) is 4.74 Å². The van der Waals surface area contributed by atoms with Crippen molar-refractivity contribution in [2.75, 3.05) is 6.61 Å². The van der Waals surface area contributed by atoms with Crippen LogP contribution in [0.15, 0.2) is 12.1 Å². The monoisotopic (exact) mass is 341 g/mol. The Balaban J connectivity index is 1.75. The number of aryl methyl sites for hydroxylation is 3. The van der Waals surface area contributed by atoms with Crippen LogP contribution >= 0.6 is 0 Å². The van der Waals surface area contributed by atoms with Crippen molar-refractivity contribution in [3.05, 3.63) is 46.3 Å². The minimum atomic E-state index is -0.749. The minimum Gasteiger partial charge on any atom is -0.451 e. The number of Topliss-reactive ketones (excluding diaryl/α,β-unsaturated/α-hetero) is 1. The molecule has 0 amide bonds. The molecule has 3 heterocycles. The van der Waals surface area contributed by atoms with Crippen LogP contribution in [0.25, 0.3) is 5.78 Å². The van der Waals surface area contributed by atoms with E-state index in [1.165, 1.54) is 4.52 Å². The number of ether oxygens (including phenoxy) is 1. The van der Waals surface area contributed by atoms with Gasteiger partial charge in [0.2, 0.25) is 5.78 Å². The lowest BCUT2D eigenvalue weighted by Gasteiger charge is -2.03. The summed E-state index contributed by atoms with van der Waals surface area (Å²) in [6.07, 6.45) is 0. The Morgan fingerprint density at radius 2 is 1.80 bits per heavy atom. The highest BCUT2D eigenvalue weighted by Gasteiger charge is 2.20. The molecule has 0 saturated carbocycles. The third-order valence-electron chi connectivity index (χ3n) is 4.21. The Bertz CT molecular complexity index is 1000. The zero-order valence-corrected chi connectivity index (χ0v) is 14.8. The normalized spacial score (nSPS) is 11.1. The zero-order valence-electron chi connectivity index (χ0n) is 14.8. The van der Waals surface area contributed by atoms with Gasteiger partial charge in [-0.05, 0) is 39.8 Å². The second kappa shape index (κ2) is 6.12. The van der Waals surface area contributed by atoms with Crippen LogP contribution in [0, 0.1) is 27.7 Å². The average Bonchev–Trinajstić information content (AvgIpc) is 3.09. The van der Waals surface area contributed by atoms with E-state index < -0.39 is 5.97 Å². The topological polar surface area (TPSA) is 91.4 Å². The Labute approximate surface area is 144 Å². The third-order valence-corrected chi connectivity index (χ3v) is 4.21. The molecule has 0 bridgehead atoms. The van der Waals surface area contributed by atoms with E-state index in [2.05, 4.69) is 15.1 Å². The summed E-state index contributed by atoms with van der Waals surface area (Å²) in [4.78, 5) is 32.7. The first-order chi connectivity index (χ1) is 11.8. The van der Waals surface area contributed by atoms with Gasteiger partial charge in [0.1, 0.15) is 0 Å². The average molecular weight is 341 g/mol. The van der Waals surface area contributed by atoms with E-state index in [1.54, 1.807) is 6.07 Å². The Hall–Kier alpha value is -3.03. The van der Waals surface area contributed by atoms with Crippen molar-refractivity contribution in [3.63, 3.8) is 0 Å². The number of carbonyl (C=O) groups excluding carboxylic acids is 2. The van der Waals surface area contributed by atoms with Gasteiger partial charge in [-0.15, -0.1) is 5.10 Å². The maximum Gasteiger partial charge on any atom is 0.378 e. The summed E-state index contributed by atoms with van der Waals surface area (Å²) in [6, 6.07) is 3.62. The first-order valence-electron chi connectivity index (χ1n) is 7.82. The standard InChI is InChI=1S/C17H19N5O3/c1-9-6-11(3)22-17(18-9)19-15(20-22)16(24)25-8-14(23)13-7-10(2)21(5)12(13)4/h6-7H,8H2,1-5H3. The molecule has 0 atom stereocenters. The minimum absolute atomic E-state index is 0.116. The van der Waals surface area contributed by atoms with E-state index >= 15 is 0 Å². The fourth-order valence-corrected chi connectivity index (χ4v) is 2.66. The van der Waals surface area contributed by atoms with Gasteiger partial charge in [-0.2, -0.15) is 4.98 Å². The maximum absolute atomic E-state index is 12.3. The van der Waals surface area contributed by atoms with Gasteiger partial charge in [-0.1, -0.05) is 0 Å². The predicted octanol–water partition coefficient (Wildman–Crippen LogP) is 1.74. The van der Waals surface area contributed by atoms with Gasteiger partial charge in [0.15, 0.2) is 6.61 Å². The summed E-state index contributed by atoms with van der Waals surface area (Å²) in [5.41, 5.74) is 3.93. The zero-order chi connectivity index (χ0) is 18.3. The summed E-state index contributed by atoms with van der Waals surface area (Å²) in [5, 5.41) is 4.09. The molecule has 0 aliphatic rings. The Kier molecular flexibility index (Phi) is 4.12. The molecule has 0 aromatic carbocycles. The van der Waals surface area contributed by atoms with Gasteiger partial charge >= 0.3 is 5.97 Å². The largest absolute Gasteiger partial charge is 0.451 e. The first kappa shape index (κ1) is 16.8. The van der Waals surface area contributed by atoms with E-state index in [0.29, 0.717) is 11.3 Å². The van der Waals surface area contributed by atoms with Crippen LogP contribution in [0.4, 0.5) is 0 Å². The van der Waals surface area contributed by atoms with Gasteiger partial charge in [0.25, 0.3) is 11.6 Å². The second-order valence-electron chi connectivity index (χ2n) is 6.03. The fourth-order valence-electron chi connectivity index (χ4n) is 2.66. The van der Waals surface area contributed by atoms with Crippen molar-refractivity contribution < 1.29 is 14.3 Å². The van der Waals surface area contributed by atoms with E-state index in [0.717, 1.165) is 22.8 Å². The number of rotatable bonds is 4. The van der Waals surface area contributed by atoms with Crippen molar-refractivity contribution in [1.82, 2.24) is 24.1 Å². The van der Waals surface area contributed by atoms with Crippen molar-refractivity contribution in [2.24, 2.45) is 7.05 Å². The second-order valence-corrected chi connectivity index (χ2v) is 6.03. The van der Waals surface area contributed by atoms with Crippen LogP contribution < -0.4 is 0 Å². The molecule has 8 heteroatoms. The number of nitrogens with zero attached hydrogens (tertiary/aromatic N) is 5. The number of esters is 1. The lowest BCUT2D eigenvalue weighted by molar-refractivity contribution is 0.0462. The molecular weight excluding hydrogens is 322 g/mol. The predicted molar refractivity (Wildman–Crippen MR) is 89.8 cm³/mol. The van der Waals surface area contributed by atoms with Crippen LogP contribution in [0.5, 0.6) is 0 Å². The molecule has 25 heavy (non-hydrogen) atoms. The van der Waals surface area contributed by atoms with Gasteiger partial charge in [-0.3, -0.25) is 4.79 Å². The molecule has 0 aliphatic carbocycles. The summed E-state index contributed by atoms with van der Waals surface area (Å²) >= 11 is 0. The lowest BCUT2D eigenvalue weighted by Crippen LogP contribution is -2.16. The van der Waals surface area contributed by atoms with Gasteiger partial charge in [0.05, 0.1) is 0 Å². The Morgan fingerprint density at radius 1 is 1.08 bits per heavy atom. The van der Waals surface area contributed by atoms with Crippen molar-refractivity contribution in [1.29, 1.82) is 0 Å². The molecule has 3 rings (SSSR count). The molecule has 0 saturated heterocycles. The van der Waals surface area contributed by atoms with E-state index in [-0.39, 0.29) is 18.2 Å². The van der Waals surface area contributed by atoms with Crippen molar-refractivity contribution >= 4 is 17.5 Å². The molecule has 0 unspecified atom stereocenters. The number of hydrogen-bond acceptors (Lipinski definition) is 6. The third kappa shape index (κ3) is 3.02. The Morgan fingerprint density at radius 3 is 2.44 bits per heavy atom. The highest BCUT2D eigenvalue weighted by atomic mass is 16.5. The lowest BCUT2D eigenvalue weighted by atomic mass is 10.1. The van der Waals surface area contributed by atoms with Gasteiger partial charge < -0.3 is 9.30 Å². The molecule has 130 valence electrons. The number of ketones is 1. The van der Waals surface area contributed by atoms with Crippen LogP contribution in [0.1, 0.15) is 43.8 Å². The summed E-state index contributed by atoms with van der Waals surface area (Å²) in [6.45, 7) is 7.08. The molecule has 0 spiro atoms. The van der Waals surface area contributed by atoms with Crippen molar-refractivity contribution in [3.8, 4) is 0 Å².